The van der Waals surface area contributed by atoms with Gasteiger partial charge in [-0.3, -0.25) is 4.79 Å². The number of nitrogens with one attached hydrogen (secondary N) is 1. The monoisotopic (exact) mass is 443 g/mol. The van der Waals surface area contributed by atoms with Gasteiger partial charge in [-0.15, -0.1) is 0 Å². The lowest BCUT2D eigenvalue weighted by Gasteiger charge is -2.31. The van der Waals surface area contributed by atoms with Crippen LogP contribution in [0, 0.1) is 11.3 Å². The highest BCUT2D eigenvalue weighted by Gasteiger charge is 2.28. The lowest BCUT2D eigenvalue weighted by atomic mass is 10.1. The standard InChI is InChI=1S/C22H25N3O3S2/c1-2-15-30(27,28)25-13-11-18(12-14-25)24-22(26)19-8-4-6-10-21(19)29-20-9-5-3-7-17(20)16-23/h3-10,18H,2,11-15H2,1H3,(H,24,26). The number of carbonyl (C=O) groups excluding carboxylic acids is 1. The summed E-state index contributed by atoms with van der Waals surface area (Å²) in [4.78, 5) is 14.5. The molecule has 1 amide bonds. The Labute approximate surface area is 182 Å². The van der Waals surface area contributed by atoms with Crippen molar-refractivity contribution in [2.75, 3.05) is 18.8 Å². The van der Waals surface area contributed by atoms with Gasteiger partial charge in [0.2, 0.25) is 10.0 Å². The second kappa shape index (κ2) is 10.1. The zero-order valence-electron chi connectivity index (χ0n) is 16.9. The van der Waals surface area contributed by atoms with E-state index in [1.165, 1.54) is 16.1 Å². The average molecular weight is 444 g/mol. The summed E-state index contributed by atoms with van der Waals surface area (Å²) in [6.45, 7) is 2.72. The predicted octanol–water partition coefficient (Wildman–Crippen LogP) is 3.64. The minimum Gasteiger partial charge on any atom is -0.349 e. The molecule has 2 aromatic carbocycles. The van der Waals surface area contributed by atoms with Crippen molar-refractivity contribution in [1.29, 1.82) is 5.26 Å². The van der Waals surface area contributed by atoms with Crippen molar-refractivity contribution >= 4 is 27.7 Å². The van der Waals surface area contributed by atoms with Gasteiger partial charge in [0.05, 0.1) is 16.9 Å². The molecular formula is C22H25N3O3S2. The van der Waals surface area contributed by atoms with Crippen LogP contribution in [0.3, 0.4) is 0 Å². The van der Waals surface area contributed by atoms with Gasteiger partial charge >= 0.3 is 0 Å². The lowest BCUT2D eigenvalue weighted by Crippen LogP contribution is -2.47. The van der Waals surface area contributed by atoms with Gasteiger partial charge in [0.15, 0.2) is 0 Å². The molecular weight excluding hydrogens is 418 g/mol. The molecule has 1 fully saturated rings. The van der Waals surface area contributed by atoms with Crippen molar-refractivity contribution in [3.8, 4) is 6.07 Å². The topological polar surface area (TPSA) is 90.3 Å². The third-order valence-corrected chi connectivity index (χ3v) is 8.23. The third-order valence-electron chi connectivity index (χ3n) is 5.00. The number of hydrogen-bond donors (Lipinski definition) is 1. The molecule has 0 aliphatic carbocycles. The maximum Gasteiger partial charge on any atom is 0.252 e. The van der Waals surface area contributed by atoms with E-state index < -0.39 is 10.0 Å². The zero-order chi connectivity index (χ0) is 21.6. The SMILES string of the molecule is CCCS(=O)(=O)N1CCC(NC(=O)c2ccccc2Sc2ccccc2C#N)CC1. The van der Waals surface area contributed by atoms with Crippen LogP contribution in [0.2, 0.25) is 0 Å². The van der Waals surface area contributed by atoms with E-state index in [2.05, 4.69) is 11.4 Å². The van der Waals surface area contributed by atoms with Crippen molar-refractivity contribution in [3.05, 3.63) is 59.7 Å². The van der Waals surface area contributed by atoms with Gasteiger partial charge in [0.1, 0.15) is 6.07 Å². The molecule has 0 aromatic heterocycles. The van der Waals surface area contributed by atoms with E-state index in [4.69, 9.17) is 0 Å². The fraction of sp³-hybridized carbons (Fsp3) is 0.364. The van der Waals surface area contributed by atoms with Crippen LogP contribution >= 0.6 is 11.8 Å². The number of hydrogen-bond acceptors (Lipinski definition) is 5. The van der Waals surface area contributed by atoms with Gasteiger partial charge in [0.25, 0.3) is 5.91 Å². The Bertz CT molecular complexity index is 1040. The van der Waals surface area contributed by atoms with Gasteiger partial charge in [-0.2, -0.15) is 5.26 Å². The molecule has 0 spiro atoms. The van der Waals surface area contributed by atoms with Crippen LogP contribution in [-0.4, -0.2) is 43.5 Å². The molecule has 0 atom stereocenters. The Hall–Kier alpha value is -2.34. The van der Waals surface area contributed by atoms with E-state index >= 15 is 0 Å². The minimum atomic E-state index is -3.19. The molecule has 8 heteroatoms. The quantitative estimate of drug-likeness (QED) is 0.705. The van der Waals surface area contributed by atoms with Crippen molar-refractivity contribution in [1.82, 2.24) is 9.62 Å². The Kier molecular flexibility index (Phi) is 7.53. The largest absolute Gasteiger partial charge is 0.349 e. The summed E-state index contributed by atoms with van der Waals surface area (Å²) >= 11 is 1.39. The maximum atomic E-state index is 12.9. The van der Waals surface area contributed by atoms with Crippen LogP contribution in [-0.2, 0) is 10.0 Å². The number of sulfonamides is 1. The summed E-state index contributed by atoms with van der Waals surface area (Å²) < 4.78 is 26.0. The molecule has 30 heavy (non-hydrogen) atoms. The van der Waals surface area contributed by atoms with Crippen molar-refractivity contribution in [2.45, 2.75) is 42.0 Å². The molecule has 1 heterocycles. The number of nitrogens with zero attached hydrogens (tertiary/aromatic N) is 2. The molecule has 1 aliphatic rings. The summed E-state index contributed by atoms with van der Waals surface area (Å²) in [5.74, 6) is -0.0129. The van der Waals surface area contributed by atoms with Gasteiger partial charge in [-0.25, -0.2) is 12.7 Å². The molecule has 0 unspecified atom stereocenters. The number of benzene rings is 2. The Morgan fingerprint density at radius 2 is 1.77 bits per heavy atom. The molecule has 1 aliphatic heterocycles. The van der Waals surface area contributed by atoms with Crippen LogP contribution in [0.5, 0.6) is 0 Å². The van der Waals surface area contributed by atoms with E-state index in [-0.39, 0.29) is 17.7 Å². The minimum absolute atomic E-state index is 0.0602. The third kappa shape index (κ3) is 5.42. The molecule has 0 saturated carbocycles. The molecule has 1 N–H and O–H groups in total. The summed E-state index contributed by atoms with van der Waals surface area (Å²) in [6, 6.07) is 16.7. The highest BCUT2D eigenvalue weighted by atomic mass is 32.2. The fourth-order valence-electron chi connectivity index (χ4n) is 3.44. The number of nitriles is 1. The van der Waals surface area contributed by atoms with E-state index in [1.807, 2.05) is 43.3 Å². The normalized spacial score (nSPS) is 15.5. The second-order valence-electron chi connectivity index (χ2n) is 7.17. The van der Waals surface area contributed by atoms with E-state index in [9.17, 15) is 18.5 Å². The maximum absolute atomic E-state index is 12.9. The molecule has 1 saturated heterocycles. The number of piperidine rings is 1. The molecule has 2 aromatic rings. The zero-order valence-corrected chi connectivity index (χ0v) is 18.5. The summed E-state index contributed by atoms with van der Waals surface area (Å²) in [6.07, 6.45) is 1.80. The highest BCUT2D eigenvalue weighted by molar-refractivity contribution is 7.99. The smallest absolute Gasteiger partial charge is 0.252 e. The van der Waals surface area contributed by atoms with Crippen LogP contribution in [0.15, 0.2) is 58.3 Å². The summed E-state index contributed by atoms with van der Waals surface area (Å²) in [5.41, 5.74) is 1.12. The lowest BCUT2D eigenvalue weighted by molar-refractivity contribution is 0.0921. The van der Waals surface area contributed by atoms with Crippen LogP contribution < -0.4 is 5.32 Å². The molecule has 0 radical (unpaired) electrons. The first-order valence-corrected chi connectivity index (χ1v) is 12.4. The van der Waals surface area contributed by atoms with E-state index in [0.717, 1.165) is 9.79 Å². The molecule has 6 nitrogen and oxygen atoms in total. The Morgan fingerprint density at radius 3 is 2.43 bits per heavy atom. The van der Waals surface area contributed by atoms with Crippen molar-refractivity contribution in [3.63, 3.8) is 0 Å². The van der Waals surface area contributed by atoms with E-state index in [0.29, 0.717) is 43.5 Å². The van der Waals surface area contributed by atoms with E-state index in [1.54, 1.807) is 12.1 Å². The van der Waals surface area contributed by atoms with Gasteiger partial charge in [-0.05, 0) is 43.5 Å². The van der Waals surface area contributed by atoms with Gasteiger partial charge in [0, 0.05) is 28.9 Å². The van der Waals surface area contributed by atoms with Crippen molar-refractivity contribution in [2.24, 2.45) is 0 Å². The average Bonchev–Trinajstić information content (AvgIpc) is 2.75. The van der Waals surface area contributed by atoms with Gasteiger partial charge < -0.3 is 5.32 Å². The van der Waals surface area contributed by atoms with Gasteiger partial charge in [-0.1, -0.05) is 43.0 Å². The van der Waals surface area contributed by atoms with Crippen LogP contribution in [0.25, 0.3) is 0 Å². The highest BCUT2D eigenvalue weighted by Crippen LogP contribution is 2.32. The summed E-state index contributed by atoms with van der Waals surface area (Å²) in [5, 5.41) is 12.4. The first kappa shape index (κ1) is 22.3. The Balaban J connectivity index is 1.67. The Morgan fingerprint density at radius 1 is 1.13 bits per heavy atom. The van der Waals surface area contributed by atoms with Crippen molar-refractivity contribution < 1.29 is 13.2 Å². The first-order chi connectivity index (χ1) is 14.4. The molecule has 3 rings (SSSR count). The van der Waals surface area contributed by atoms with Crippen LogP contribution in [0.4, 0.5) is 0 Å². The molecule has 0 bridgehead atoms. The predicted molar refractivity (Wildman–Crippen MR) is 118 cm³/mol. The fourth-order valence-corrected chi connectivity index (χ4v) is 6.00. The molecule has 158 valence electrons. The number of carbonyl (C=O) groups is 1. The first-order valence-electron chi connectivity index (χ1n) is 9.99. The van der Waals surface area contributed by atoms with Crippen LogP contribution in [0.1, 0.15) is 42.1 Å². The second-order valence-corrected chi connectivity index (χ2v) is 10.3. The summed E-state index contributed by atoms with van der Waals surface area (Å²) in [7, 11) is -3.19. The number of rotatable bonds is 7. The number of amides is 1.